The van der Waals surface area contributed by atoms with Crippen molar-refractivity contribution in [3.8, 4) is 11.4 Å². The third-order valence-corrected chi connectivity index (χ3v) is 2.90. The fraction of sp³-hybridized carbons (Fsp3) is 0.100. The largest absolute Gasteiger partial charge is 0.495 e. The second-order valence-electron chi connectivity index (χ2n) is 2.89. The molecule has 0 aliphatic heterocycles. The van der Waals surface area contributed by atoms with Crippen LogP contribution in [0.15, 0.2) is 35.1 Å². The van der Waals surface area contributed by atoms with Crippen LogP contribution in [0, 0.1) is 0 Å². The molecule has 0 radical (unpaired) electrons. The molecule has 0 aliphatic rings. The van der Waals surface area contributed by atoms with E-state index in [1.54, 1.807) is 24.1 Å². The Bertz CT molecular complexity index is 471. The Balaban J connectivity index is 2.57. The van der Waals surface area contributed by atoms with Gasteiger partial charge in [-0.2, -0.15) is 5.10 Å². The summed E-state index contributed by atoms with van der Waals surface area (Å²) >= 11 is 9.41. The molecule has 0 N–H and O–H groups in total. The Morgan fingerprint density at radius 2 is 2.27 bits per heavy atom. The maximum absolute atomic E-state index is 5.98. The Hall–Kier alpha value is -1.00. The minimum Gasteiger partial charge on any atom is -0.495 e. The van der Waals surface area contributed by atoms with Gasteiger partial charge in [0.05, 0.1) is 17.8 Å². The number of ether oxygens (including phenoxy) is 1. The highest BCUT2D eigenvalue weighted by Crippen LogP contribution is 2.32. The molecule has 0 saturated heterocycles. The van der Waals surface area contributed by atoms with E-state index in [-0.39, 0.29) is 0 Å². The molecule has 1 aromatic heterocycles. The van der Waals surface area contributed by atoms with Crippen molar-refractivity contribution in [2.75, 3.05) is 7.11 Å². The second-order valence-corrected chi connectivity index (χ2v) is 4.15. The highest BCUT2D eigenvalue weighted by atomic mass is 79.9. The van der Waals surface area contributed by atoms with Gasteiger partial charge >= 0.3 is 0 Å². The Labute approximate surface area is 101 Å². The van der Waals surface area contributed by atoms with Crippen LogP contribution in [0.3, 0.4) is 0 Å². The summed E-state index contributed by atoms with van der Waals surface area (Å²) < 4.78 is 7.76. The average molecular weight is 288 g/mol. The predicted molar refractivity (Wildman–Crippen MR) is 62.8 cm³/mol. The van der Waals surface area contributed by atoms with Crippen molar-refractivity contribution in [1.29, 1.82) is 0 Å². The minimum atomic E-state index is 0.570. The monoisotopic (exact) mass is 286 g/mol. The van der Waals surface area contributed by atoms with Crippen molar-refractivity contribution in [2.24, 2.45) is 0 Å². The van der Waals surface area contributed by atoms with E-state index >= 15 is 0 Å². The molecule has 0 atom stereocenters. The lowest BCUT2D eigenvalue weighted by Crippen LogP contribution is -1.97. The Morgan fingerprint density at radius 3 is 2.87 bits per heavy atom. The Kier molecular flexibility index (Phi) is 2.98. The molecule has 0 spiro atoms. The van der Waals surface area contributed by atoms with E-state index in [2.05, 4.69) is 21.0 Å². The zero-order valence-electron chi connectivity index (χ0n) is 7.95. The van der Waals surface area contributed by atoms with Crippen molar-refractivity contribution < 1.29 is 4.74 Å². The molecule has 0 aliphatic carbocycles. The molecule has 0 saturated carbocycles. The molecule has 5 heteroatoms. The van der Waals surface area contributed by atoms with E-state index in [9.17, 15) is 0 Å². The van der Waals surface area contributed by atoms with Crippen molar-refractivity contribution in [2.45, 2.75) is 0 Å². The molecule has 0 amide bonds. The molecule has 0 unspecified atom stereocenters. The molecule has 0 fully saturated rings. The van der Waals surface area contributed by atoms with Crippen molar-refractivity contribution in [3.63, 3.8) is 0 Å². The summed E-state index contributed by atoms with van der Waals surface area (Å²) in [5.74, 6) is 0.630. The van der Waals surface area contributed by atoms with Crippen molar-refractivity contribution >= 4 is 27.5 Å². The molecule has 2 aromatic rings. The van der Waals surface area contributed by atoms with Gasteiger partial charge in [-0.05, 0) is 28.1 Å². The lowest BCUT2D eigenvalue weighted by molar-refractivity contribution is 0.414. The van der Waals surface area contributed by atoms with Gasteiger partial charge in [-0.3, -0.25) is 0 Å². The van der Waals surface area contributed by atoms with Crippen LogP contribution in [0.2, 0.25) is 5.02 Å². The van der Waals surface area contributed by atoms with E-state index in [4.69, 9.17) is 16.3 Å². The van der Waals surface area contributed by atoms with Gasteiger partial charge in [0.25, 0.3) is 0 Å². The van der Waals surface area contributed by atoms with Crippen LogP contribution in [0.4, 0.5) is 0 Å². The molecule has 1 aromatic carbocycles. The van der Waals surface area contributed by atoms with Gasteiger partial charge in [0, 0.05) is 22.9 Å². The number of hydrogen-bond acceptors (Lipinski definition) is 2. The number of nitrogens with zero attached hydrogens (tertiary/aromatic N) is 2. The lowest BCUT2D eigenvalue weighted by Gasteiger charge is -2.09. The summed E-state index contributed by atoms with van der Waals surface area (Å²) in [6, 6.07) is 5.48. The lowest BCUT2D eigenvalue weighted by atomic mass is 10.3. The number of methoxy groups -OCH3 is 1. The van der Waals surface area contributed by atoms with E-state index in [1.807, 2.05) is 18.3 Å². The van der Waals surface area contributed by atoms with Crippen LogP contribution in [0.5, 0.6) is 5.75 Å². The summed E-state index contributed by atoms with van der Waals surface area (Å²) in [4.78, 5) is 0. The van der Waals surface area contributed by atoms with E-state index in [0.717, 1.165) is 10.2 Å². The zero-order chi connectivity index (χ0) is 10.8. The summed E-state index contributed by atoms with van der Waals surface area (Å²) in [5, 5.41) is 4.71. The number of aromatic nitrogens is 2. The van der Waals surface area contributed by atoms with Gasteiger partial charge in [-0.25, -0.2) is 4.68 Å². The Morgan fingerprint density at radius 1 is 1.47 bits per heavy atom. The molecule has 78 valence electrons. The number of halogens is 2. The first-order valence-corrected chi connectivity index (χ1v) is 5.42. The third kappa shape index (κ3) is 2.01. The van der Waals surface area contributed by atoms with Crippen molar-refractivity contribution in [1.82, 2.24) is 9.78 Å². The van der Waals surface area contributed by atoms with Crippen LogP contribution in [-0.4, -0.2) is 16.9 Å². The first kappa shape index (κ1) is 10.5. The predicted octanol–water partition coefficient (Wildman–Crippen LogP) is 3.30. The maximum atomic E-state index is 5.98. The highest BCUT2D eigenvalue weighted by molar-refractivity contribution is 9.10. The topological polar surface area (TPSA) is 27.1 Å². The maximum Gasteiger partial charge on any atom is 0.139 e. The minimum absolute atomic E-state index is 0.570. The standard InChI is InChI=1S/C10H8BrClN2O/c1-15-10-6-9(7(11)5-8(10)12)14-4-2-3-13-14/h2-6H,1H3. The van der Waals surface area contributed by atoms with Crippen LogP contribution in [0.25, 0.3) is 5.69 Å². The molecular weight excluding hydrogens is 279 g/mol. The molecular formula is C10H8BrClN2O. The van der Waals surface area contributed by atoms with Crippen LogP contribution < -0.4 is 4.74 Å². The normalized spacial score (nSPS) is 10.3. The fourth-order valence-corrected chi connectivity index (χ4v) is 2.16. The highest BCUT2D eigenvalue weighted by Gasteiger charge is 2.08. The second kappa shape index (κ2) is 4.24. The molecule has 3 nitrogen and oxygen atoms in total. The van der Waals surface area contributed by atoms with Gasteiger partial charge in [0.2, 0.25) is 0 Å². The summed E-state index contributed by atoms with van der Waals surface area (Å²) in [7, 11) is 1.59. The molecule has 2 rings (SSSR count). The molecule has 0 bridgehead atoms. The fourth-order valence-electron chi connectivity index (χ4n) is 1.26. The van der Waals surface area contributed by atoms with Gasteiger partial charge in [-0.15, -0.1) is 0 Å². The van der Waals surface area contributed by atoms with Crippen LogP contribution in [-0.2, 0) is 0 Å². The molecule has 1 heterocycles. The quantitative estimate of drug-likeness (QED) is 0.847. The summed E-state index contributed by atoms with van der Waals surface area (Å²) in [5.41, 5.74) is 0.890. The number of hydrogen-bond donors (Lipinski definition) is 0. The first-order valence-electron chi connectivity index (χ1n) is 4.25. The number of rotatable bonds is 2. The van der Waals surface area contributed by atoms with Crippen LogP contribution >= 0.6 is 27.5 Å². The van der Waals surface area contributed by atoms with E-state index in [1.165, 1.54) is 0 Å². The van der Waals surface area contributed by atoms with Gasteiger partial charge in [0.15, 0.2) is 0 Å². The van der Waals surface area contributed by atoms with Gasteiger partial charge in [0.1, 0.15) is 5.75 Å². The first-order chi connectivity index (χ1) is 7.22. The van der Waals surface area contributed by atoms with Gasteiger partial charge < -0.3 is 4.74 Å². The van der Waals surface area contributed by atoms with Gasteiger partial charge in [-0.1, -0.05) is 11.6 Å². The smallest absolute Gasteiger partial charge is 0.139 e. The van der Waals surface area contributed by atoms with Crippen LogP contribution in [0.1, 0.15) is 0 Å². The SMILES string of the molecule is COc1cc(-n2cccn2)c(Br)cc1Cl. The third-order valence-electron chi connectivity index (χ3n) is 1.97. The van der Waals surface area contributed by atoms with Crippen molar-refractivity contribution in [3.05, 3.63) is 40.1 Å². The average Bonchev–Trinajstić information content (AvgIpc) is 2.71. The number of benzene rings is 1. The van der Waals surface area contributed by atoms with E-state index in [0.29, 0.717) is 10.8 Å². The summed E-state index contributed by atoms with van der Waals surface area (Å²) in [6.45, 7) is 0. The summed E-state index contributed by atoms with van der Waals surface area (Å²) in [6.07, 6.45) is 3.57. The molecule has 15 heavy (non-hydrogen) atoms. The van der Waals surface area contributed by atoms with E-state index < -0.39 is 0 Å². The zero-order valence-corrected chi connectivity index (χ0v) is 10.3.